The minimum absolute atomic E-state index is 0.0945. The van der Waals surface area contributed by atoms with E-state index < -0.39 is 11.9 Å². The zero-order chi connectivity index (χ0) is 23.8. The van der Waals surface area contributed by atoms with Gasteiger partial charge in [0.2, 0.25) is 11.8 Å². The average molecular weight is 462 g/mol. The van der Waals surface area contributed by atoms with Gasteiger partial charge in [-0.05, 0) is 37.0 Å². The first-order valence-corrected chi connectivity index (χ1v) is 11.6. The molecule has 3 amide bonds. The van der Waals surface area contributed by atoms with Crippen molar-refractivity contribution in [1.82, 2.24) is 25.3 Å². The molecule has 9 nitrogen and oxygen atoms in total. The number of phenols is 1. The summed E-state index contributed by atoms with van der Waals surface area (Å²) in [5.74, 6) is -0.786. The second-order valence-corrected chi connectivity index (χ2v) is 8.79. The first-order chi connectivity index (χ1) is 16.5. The molecular weight excluding hydrogens is 434 g/mol. The van der Waals surface area contributed by atoms with E-state index in [1.165, 1.54) is 11.0 Å². The van der Waals surface area contributed by atoms with Gasteiger partial charge in [0.05, 0.1) is 23.3 Å². The fraction of sp³-hybridized carbons (Fsp3) is 0.360. The topological polar surface area (TPSA) is 119 Å². The van der Waals surface area contributed by atoms with E-state index in [0.29, 0.717) is 42.7 Å². The molecule has 0 bridgehead atoms. The van der Waals surface area contributed by atoms with E-state index in [1.807, 2.05) is 31.2 Å². The molecule has 1 fully saturated rings. The number of H-pyrrole nitrogens is 1. The smallest absolute Gasteiger partial charge is 0.258 e. The molecule has 0 radical (unpaired) electrons. The van der Waals surface area contributed by atoms with Crippen LogP contribution in [0.3, 0.4) is 0 Å². The number of hydrogen-bond donors (Lipinski definition) is 3. The number of likely N-dealkylation sites (tertiary alicyclic amines) is 1. The molecule has 1 unspecified atom stereocenters. The number of nitrogens with one attached hydrogen (secondary N) is 2. The van der Waals surface area contributed by atoms with E-state index >= 15 is 0 Å². The molecule has 2 aliphatic heterocycles. The molecule has 1 aromatic heterocycles. The van der Waals surface area contributed by atoms with Crippen LogP contribution in [-0.4, -0.2) is 55.9 Å². The summed E-state index contributed by atoms with van der Waals surface area (Å²) in [6, 6.07) is 9.80. The van der Waals surface area contributed by atoms with Crippen LogP contribution in [0, 0.1) is 0 Å². The van der Waals surface area contributed by atoms with Crippen LogP contribution in [0.25, 0.3) is 10.9 Å². The van der Waals surface area contributed by atoms with E-state index in [4.69, 9.17) is 0 Å². The van der Waals surface area contributed by atoms with Gasteiger partial charge in [0.1, 0.15) is 11.8 Å². The molecule has 2 aromatic carbocycles. The molecule has 0 aliphatic carbocycles. The molecule has 1 saturated heterocycles. The van der Waals surface area contributed by atoms with Gasteiger partial charge in [-0.25, -0.2) is 0 Å². The Labute approximate surface area is 196 Å². The molecule has 2 aliphatic rings. The van der Waals surface area contributed by atoms with E-state index in [1.54, 1.807) is 11.0 Å². The number of piperidine rings is 1. The molecule has 0 spiro atoms. The Kier molecular flexibility index (Phi) is 5.69. The fourth-order valence-electron chi connectivity index (χ4n) is 4.89. The highest BCUT2D eigenvalue weighted by Gasteiger charge is 2.39. The summed E-state index contributed by atoms with van der Waals surface area (Å²) in [6.45, 7) is 3.57. The van der Waals surface area contributed by atoms with Gasteiger partial charge in [-0.2, -0.15) is 5.10 Å². The third kappa shape index (κ3) is 3.76. The molecule has 5 rings (SSSR count). The van der Waals surface area contributed by atoms with Crippen LogP contribution < -0.4 is 5.32 Å². The van der Waals surface area contributed by atoms with Crippen molar-refractivity contribution in [3.05, 3.63) is 58.8 Å². The van der Waals surface area contributed by atoms with Gasteiger partial charge < -0.3 is 20.2 Å². The summed E-state index contributed by atoms with van der Waals surface area (Å²) >= 11 is 0. The first-order valence-electron chi connectivity index (χ1n) is 11.6. The Morgan fingerprint density at radius 1 is 1.24 bits per heavy atom. The minimum Gasteiger partial charge on any atom is -0.507 e. The quantitative estimate of drug-likeness (QED) is 0.540. The number of nitrogens with zero attached hydrogens (tertiary/aromatic N) is 3. The number of rotatable bonds is 5. The fourth-order valence-corrected chi connectivity index (χ4v) is 4.89. The molecule has 9 heteroatoms. The van der Waals surface area contributed by atoms with Crippen LogP contribution in [0.15, 0.2) is 36.4 Å². The molecule has 3 heterocycles. The third-order valence-electron chi connectivity index (χ3n) is 6.61. The number of benzene rings is 2. The second-order valence-electron chi connectivity index (χ2n) is 8.79. The number of likely N-dealkylation sites (N-methyl/N-ethyl adjacent to an activating group) is 1. The predicted molar refractivity (Wildman–Crippen MR) is 125 cm³/mol. The van der Waals surface area contributed by atoms with Crippen molar-refractivity contribution in [2.45, 2.75) is 45.3 Å². The number of phenolic OH excluding ortho intramolecular Hbond substituents is 1. The SMILES string of the molecule is CCNC(=O)C1c2ccccc2CN1C(=O)c1cc2c(CN3CCCCC3=O)n[nH]c2cc1O. The molecule has 0 saturated carbocycles. The van der Waals surface area contributed by atoms with Crippen molar-refractivity contribution in [2.75, 3.05) is 13.1 Å². The maximum absolute atomic E-state index is 13.7. The molecule has 176 valence electrons. The summed E-state index contributed by atoms with van der Waals surface area (Å²) in [5.41, 5.74) is 3.01. The van der Waals surface area contributed by atoms with E-state index in [0.717, 1.165) is 24.0 Å². The second kappa shape index (κ2) is 8.81. The Morgan fingerprint density at radius 3 is 2.85 bits per heavy atom. The number of aromatic nitrogens is 2. The molecule has 1 atom stereocenters. The Balaban J connectivity index is 1.49. The highest BCUT2D eigenvalue weighted by Crippen LogP contribution is 2.37. The lowest BCUT2D eigenvalue weighted by atomic mass is 10.0. The number of aromatic amines is 1. The maximum atomic E-state index is 13.7. The summed E-state index contributed by atoms with van der Waals surface area (Å²) in [7, 11) is 0. The highest BCUT2D eigenvalue weighted by atomic mass is 16.3. The first kappa shape index (κ1) is 21.9. The zero-order valence-corrected chi connectivity index (χ0v) is 19.0. The van der Waals surface area contributed by atoms with Crippen molar-refractivity contribution in [2.24, 2.45) is 0 Å². The normalized spacial score (nSPS) is 17.8. The lowest BCUT2D eigenvalue weighted by Crippen LogP contribution is -2.39. The van der Waals surface area contributed by atoms with Gasteiger partial charge in [0, 0.05) is 37.5 Å². The maximum Gasteiger partial charge on any atom is 0.258 e. The Hall–Kier alpha value is -3.88. The monoisotopic (exact) mass is 461 g/mol. The van der Waals surface area contributed by atoms with Crippen LogP contribution >= 0.6 is 0 Å². The molecule has 3 aromatic rings. The molecule has 34 heavy (non-hydrogen) atoms. The van der Waals surface area contributed by atoms with Crippen molar-refractivity contribution >= 4 is 28.6 Å². The number of fused-ring (bicyclic) bond motifs is 2. The number of carbonyl (C=O) groups is 3. The average Bonchev–Trinajstić information content (AvgIpc) is 3.41. The largest absolute Gasteiger partial charge is 0.507 e. The van der Waals surface area contributed by atoms with E-state index in [-0.39, 0.29) is 29.7 Å². The number of amides is 3. The predicted octanol–water partition coefficient (Wildman–Crippen LogP) is 2.61. The van der Waals surface area contributed by atoms with Gasteiger partial charge in [-0.1, -0.05) is 24.3 Å². The van der Waals surface area contributed by atoms with Gasteiger partial charge in [-0.3, -0.25) is 19.5 Å². The van der Waals surface area contributed by atoms with Crippen molar-refractivity contribution in [3.8, 4) is 5.75 Å². The minimum atomic E-state index is -0.770. The van der Waals surface area contributed by atoms with Crippen LogP contribution in [0.5, 0.6) is 5.75 Å². The number of aromatic hydroxyl groups is 1. The zero-order valence-electron chi connectivity index (χ0n) is 19.0. The summed E-state index contributed by atoms with van der Waals surface area (Å²) in [6.07, 6.45) is 2.38. The summed E-state index contributed by atoms with van der Waals surface area (Å²) < 4.78 is 0. The van der Waals surface area contributed by atoms with Crippen molar-refractivity contribution in [1.29, 1.82) is 0 Å². The van der Waals surface area contributed by atoms with Crippen LogP contribution in [-0.2, 0) is 22.7 Å². The lowest BCUT2D eigenvalue weighted by Gasteiger charge is -2.26. The van der Waals surface area contributed by atoms with Crippen LogP contribution in [0.2, 0.25) is 0 Å². The van der Waals surface area contributed by atoms with Gasteiger partial charge in [-0.15, -0.1) is 0 Å². The summed E-state index contributed by atoms with van der Waals surface area (Å²) in [4.78, 5) is 42.1. The van der Waals surface area contributed by atoms with Crippen LogP contribution in [0.4, 0.5) is 0 Å². The third-order valence-corrected chi connectivity index (χ3v) is 6.61. The van der Waals surface area contributed by atoms with Gasteiger partial charge >= 0.3 is 0 Å². The number of hydrogen-bond acceptors (Lipinski definition) is 5. The molecular formula is C25H27N5O4. The van der Waals surface area contributed by atoms with E-state index in [2.05, 4.69) is 15.5 Å². The Bertz CT molecular complexity index is 1280. The van der Waals surface area contributed by atoms with Crippen molar-refractivity contribution < 1.29 is 19.5 Å². The molecule has 3 N–H and O–H groups in total. The number of carbonyl (C=O) groups excluding carboxylic acids is 3. The van der Waals surface area contributed by atoms with Crippen molar-refractivity contribution in [3.63, 3.8) is 0 Å². The standard InChI is InChI=1S/C25H27N5O4/c1-2-26-24(33)23-16-8-4-3-7-15(16)13-30(23)25(34)18-11-17-19(12-21(18)31)27-28-20(17)14-29-10-6-5-9-22(29)32/h3-4,7-8,11-12,23,31H,2,5-6,9-10,13-14H2,1H3,(H,26,33)(H,27,28). The van der Waals surface area contributed by atoms with Crippen LogP contribution in [0.1, 0.15) is 59.4 Å². The highest BCUT2D eigenvalue weighted by molar-refractivity contribution is 6.03. The van der Waals surface area contributed by atoms with Gasteiger partial charge in [0.15, 0.2) is 0 Å². The van der Waals surface area contributed by atoms with E-state index in [9.17, 15) is 19.5 Å². The lowest BCUT2D eigenvalue weighted by molar-refractivity contribution is -0.133. The Morgan fingerprint density at radius 2 is 2.06 bits per heavy atom. The summed E-state index contributed by atoms with van der Waals surface area (Å²) in [5, 5.41) is 21.4. The van der Waals surface area contributed by atoms with Gasteiger partial charge in [0.25, 0.3) is 5.91 Å².